The quantitative estimate of drug-likeness (QED) is 0.625. The Morgan fingerprint density at radius 1 is 1.41 bits per heavy atom. The molecule has 0 radical (unpaired) electrons. The Hall–Kier alpha value is -0.580. The molecule has 3 nitrogen and oxygen atoms in total. The number of nitrogens with zero attached hydrogens (tertiary/aromatic N) is 1. The van der Waals surface area contributed by atoms with Crippen LogP contribution in [0.15, 0.2) is 23.4 Å². The first kappa shape index (κ1) is 14.5. The molecule has 1 aromatic rings. The first-order chi connectivity index (χ1) is 8.03. The molecule has 96 valence electrons. The lowest BCUT2D eigenvalue weighted by Gasteiger charge is -2.21. The zero-order valence-corrected chi connectivity index (χ0v) is 11.9. The van der Waals surface area contributed by atoms with Gasteiger partial charge < -0.3 is 10.1 Å². The van der Waals surface area contributed by atoms with E-state index in [1.165, 1.54) is 5.56 Å². The summed E-state index contributed by atoms with van der Waals surface area (Å²) in [5.41, 5.74) is 1.38. The summed E-state index contributed by atoms with van der Waals surface area (Å²) in [6.45, 7) is 8.11. The van der Waals surface area contributed by atoms with Gasteiger partial charge in [-0.15, -0.1) is 11.8 Å². The van der Waals surface area contributed by atoms with Crippen molar-refractivity contribution < 1.29 is 4.74 Å². The van der Waals surface area contributed by atoms with Gasteiger partial charge in [0.2, 0.25) is 0 Å². The average molecular weight is 254 g/mol. The van der Waals surface area contributed by atoms with Crippen LogP contribution in [0.5, 0.6) is 0 Å². The summed E-state index contributed by atoms with van der Waals surface area (Å²) in [6.07, 6.45) is 1.84. The van der Waals surface area contributed by atoms with E-state index < -0.39 is 0 Å². The SMILES string of the molecule is COCCSc1ncccc1CNC(C)(C)C. The summed E-state index contributed by atoms with van der Waals surface area (Å²) < 4.78 is 5.05. The second-order valence-electron chi connectivity index (χ2n) is 4.91. The van der Waals surface area contributed by atoms with Crippen molar-refractivity contribution in [3.63, 3.8) is 0 Å². The summed E-state index contributed by atoms with van der Waals surface area (Å²) in [5, 5.41) is 4.58. The van der Waals surface area contributed by atoms with Gasteiger partial charge in [0.1, 0.15) is 5.03 Å². The van der Waals surface area contributed by atoms with Crippen LogP contribution in [0.25, 0.3) is 0 Å². The van der Waals surface area contributed by atoms with Crippen LogP contribution in [-0.2, 0) is 11.3 Å². The van der Waals surface area contributed by atoms with Crippen molar-refractivity contribution in [3.05, 3.63) is 23.9 Å². The fourth-order valence-electron chi connectivity index (χ4n) is 1.27. The van der Waals surface area contributed by atoms with Gasteiger partial charge in [-0.3, -0.25) is 0 Å². The van der Waals surface area contributed by atoms with E-state index in [0.717, 1.165) is 23.9 Å². The van der Waals surface area contributed by atoms with Crippen LogP contribution in [0, 0.1) is 0 Å². The fourth-order valence-corrected chi connectivity index (χ4v) is 2.18. The second-order valence-corrected chi connectivity index (χ2v) is 6.00. The highest BCUT2D eigenvalue weighted by atomic mass is 32.2. The molecule has 17 heavy (non-hydrogen) atoms. The zero-order valence-electron chi connectivity index (χ0n) is 11.1. The van der Waals surface area contributed by atoms with Crippen LogP contribution in [-0.4, -0.2) is 30.0 Å². The average Bonchev–Trinajstić information content (AvgIpc) is 2.27. The van der Waals surface area contributed by atoms with E-state index in [0.29, 0.717) is 0 Å². The van der Waals surface area contributed by atoms with E-state index in [4.69, 9.17) is 4.74 Å². The molecular weight excluding hydrogens is 232 g/mol. The van der Waals surface area contributed by atoms with E-state index in [1.54, 1.807) is 18.9 Å². The minimum absolute atomic E-state index is 0.129. The topological polar surface area (TPSA) is 34.1 Å². The Morgan fingerprint density at radius 3 is 2.82 bits per heavy atom. The highest BCUT2D eigenvalue weighted by molar-refractivity contribution is 7.99. The third-order valence-corrected chi connectivity index (χ3v) is 3.20. The van der Waals surface area contributed by atoms with Gasteiger partial charge in [0.15, 0.2) is 0 Å². The van der Waals surface area contributed by atoms with Crippen LogP contribution >= 0.6 is 11.8 Å². The number of hydrogen-bond acceptors (Lipinski definition) is 4. The minimum atomic E-state index is 0.129. The summed E-state index contributed by atoms with van der Waals surface area (Å²) in [7, 11) is 1.72. The van der Waals surface area contributed by atoms with Gasteiger partial charge in [-0.05, 0) is 32.4 Å². The Morgan fingerprint density at radius 2 is 2.18 bits per heavy atom. The maximum atomic E-state index is 5.05. The molecule has 0 aliphatic heterocycles. The number of hydrogen-bond donors (Lipinski definition) is 1. The maximum absolute atomic E-state index is 5.05. The lowest BCUT2D eigenvalue weighted by atomic mass is 10.1. The first-order valence-electron chi connectivity index (χ1n) is 5.83. The largest absolute Gasteiger partial charge is 0.384 e. The van der Waals surface area contributed by atoms with Gasteiger partial charge in [0.25, 0.3) is 0 Å². The summed E-state index contributed by atoms with van der Waals surface area (Å²) >= 11 is 1.75. The van der Waals surface area contributed by atoms with Crippen LogP contribution in [0.1, 0.15) is 26.3 Å². The van der Waals surface area contributed by atoms with Gasteiger partial charge in [-0.25, -0.2) is 4.98 Å². The molecule has 0 saturated carbocycles. The van der Waals surface area contributed by atoms with E-state index in [-0.39, 0.29) is 5.54 Å². The number of pyridine rings is 1. The third-order valence-electron chi connectivity index (χ3n) is 2.19. The molecule has 0 saturated heterocycles. The van der Waals surface area contributed by atoms with E-state index >= 15 is 0 Å². The van der Waals surface area contributed by atoms with E-state index in [9.17, 15) is 0 Å². The first-order valence-corrected chi connectivity index (χ1v) is 6.82. The van der Waals surface area contributed by atoms with Gasteiger partial charge in [0, 0.05) is 31.1 Å². The Balaban J connectivity index is 2.58. The van der Waals surface area contributed by atoms with E-state index in [2.05, 4.69) is 37.1 Å². The Labute approximate surface area is 108 Å². The highest BCUT2D eigenvalue weighted by Gasteiger charge is 2.10. The van der Waals surface area contributed by atoms with Crippen molar-refractivity contribution >= 4 is 11.8 Å². The predicted molar refractivity (Wildman–Crippen MR) is 73.4 cm³/mol. The molecule has 0 atom stereocenters. The highest BCUT2D eigenvalue weighted by Crippen LogP contribution is 2.20. The number of ether oxygens (including phenoxy) is 1. The molecule has 1 rings (SSSR count). The van der Waals surface area contributed by atoms with Gasteiger partial charge in [-0.1, -0.05) is 6.07 Å². The van der Waals surface area contributed by atoms with Gasteiger partial charge in [-0.2, -0.15) is 0 Å². The molecule has 1 N–H and O–H groups in total. The lowest BCUT2D eigenvalue weighted by Crippen LogP contribution is -2.35. The van der Waals surface area contributed by atoms with Crippen molar-refractivity contribution in [3.8, 4) is 0 Å². The Bertz CT molecular complexity index is 336. The molecule has 0 amide bonds. The molecule has 4 heteroatoms. The molecule has 1 heterocycles. The molecule has 0 fully saturated rings. The summed E-state index contributed by atoms with van der Waals surface area (Å²) in [6, 6.07) is 4.11. The minimum Gasteiger partial charge on any atom is -0.384 e. The molecule has 0 bridgehead atoms. The monoisotopic (exact) mass is 254 g/mol. The van der Waals surface area contributed by atoms with Crippen LogP contribution in [0.2, 0.25) is 0 Å². The summed E-state index contributed by atoms with van der Waals surface area (Å²) in [4.78, 5) is 4.42. The maximum Gasteiger partial charge on any atom is 0.101 e. The number of aromatic nitrogens is 1. The lowest BCUT2D eigenvalue weighted by molar-refractivity contribution is 0.218. The molecule has 0 aliphatic carbocycles. The number of nitrogens with one attached hydrogen (secondary N) is 1. The van der Waals surface area contributed by atoms with Crippen molar-refractivity contribution in [2.45, 2.75) is 37.9 Å². The van der Waals surface area contributed by atoms with Gasteiger partial charge in [0.05, 0.1) is 6.61 Å². The normalized spacial score (nSPS) is 11.8. The zero-order chi connectivity index (χ0) is 12.7. The van der Waals surface area contributed by atoms with E-state index in [1.807, 2.05) is 12.3 Å². The molecule has 1 aromatic heterocycles. The van der Waals surface area contributed by atoms with Crippen molar-refractivity contribution in [1.29, 1.82) is 0 Å². The third kappa shape index (κ3) is 6.05. The van der Waals surface area contributed by atoms with Crippen LogP contribution in [0.4, 0.5) is 0 Å². The number of methoxy groups -OCH3 is 1. The van der Waals surface area contributed by atoms with Crippen LogP contribution in [0.3, 0.4) is 0 Å². The molecular formula is C13H22N2OS. The molecule has 0 unspecified atom stereocenters. The standard InChI is InChI=1S/C13H22N2OS/c1-13(2,3)15-10-11-6-5-7-14-12(11)17-9-8-16-4/h5-7,15H,8-10H2,1-4H3. The number of thioether (sulfide) groups is 1. The molecule has 0 aliphatic rings. The smallest absolute Gasteiger partial charge is 0.101 e. The van der Waals surface area contributed by atoms with Crippen molar-refractivity contribution in [2.75, 3.05) is 19.5 Å². The number of rotatable bonds is 6. The fraction of sp³-hybridized carbons (Fsp3) is 0.615. The molecule has 0 spiro atoms. The van der Waals surface area contributed by atoms with Crippen molar-refractivity contribution in [2.24, 2.45) is 0 Å². The van der Waals surface area contributed by atoms with Crippen LogP contribution < -0.4 is 5.32 Å². The summed E-state index contributed by atoms with van der Waals surface area (Å²) in [5.74, 6) is 0.941. The predicted octanol–water partition coefficient (Wildman–Crippen LogP) is 2.71. The van der Waals surface area contributed by atoms with Gasteiger partial charge >= 0.3 is 0 Å². The second kappa shape index (κ2) is 6.99. The molecule has 0 aromatic carbocycles. The Kier molecular flexibility index (Phi) is 5.95. The van der Waals surface area contributed by atoms with Crippen molar-refractivity contribution in [1.82, 2.24) is 10.3 Å².